The number of unbranched alkanes of at least 4 members (excludes halogenated alkanes) is 24. The zero-order chi connectivity index (χ0) is 37.1. The summed E-state index contributed by atoms with van der Waals surface area (Å²) in [6.45, 7) is 2.81. The summed E-state index contributed by atoms with van der Waals surface area (Å²) in [5, 5.41) is 8.86. The Morgan fingerprint density at radius 1 is 0.540 bits per heavy atom. The third-order valence-electron chi connectivity index (χ3n) is 8.86. The van der Waals surface area contributed by atoms with Crippen LogP contribution in [0, 0.1) is 0 Å². The van der Waals surface area contributed by atoms with E-state index in [9.17, 15) is 23.8 Å². The summed E-state index contributed by atoms with van der Waals surface area (Å²) in [6, 6.07) is -1.51. The third kappa shape index (κ3) is 33.6. The van der Waals surface area contributed by atoms with Gasteiger partial charge in [-0.05, 0) is 12.8 Å². The number of hydrogen-bond acceptors (Lipinski definition) is 9. The van der Waals surface area contributed by atoms with Gasteiger partial charge in [0.1, 0.15) is 12.6 Å². The van der Waals surface area contributed by atoms with E-state index in [1.54, 1.807) is 0 Å². The lowest BCUT2D eigenvalue weighted by molar-refractivity contribution is -0.161. The number of rotatable bonds is 38. The highest BCUT2D eigenvalue weighted by molar-refractivity contribution is 7.47. The SMILES string of the molecule is CCCCCCCCCCCCCCCC(=O)OC[C@H](COP(=O)(O)OC[C@@H](N)C(=O)O)OC(=O)CCCCCCCCCCCCCCC. The fourth-order valence-corrected chi connectivity index (χ4v) is 6.43. The number of nitrogens with two attached hydrogens (primary N) is 1. The van der Waals surface area contributed by atoms with Gasteiger partial charge in [-0.25, -0.2) is 4.57 Å². The first-order valence-corrected chi connectivity index (χ1v) is 21.6. The maximum atomic E-state index is 12.6. The van der Waals surface area contributed by atoms with E-state index in [0.29, 0.717) is 12.8 Å². The predicted octanol–water partition coefficient (Wildman–Crippen LogP) is 9.95. The Hall–Kier alpha value is -1.52. The number of carbonyl (C=O) groups excluding carboxylic acids is 2. The molecule has 296 valence electrons. The molecule has 50 heavy (non-hydrogen) atoms. The second-order valence-electron chi connectivity index (χ2n) is 13.8. The molecule has 11 nitrogen and oxygen atoms in total. The van der Waals surface area contributed by atoms with Crippen molar-refractivity contribution in [1.29, 1.82) is 0 Å². The zero-order valence-electron chi connectivity index (χ0n) is 31.8. The summed E-state index contributed by atoms with van der Waals surface area (Å²) in [5.41, 5.74) is 5.32. The number of aliphatic carboxylic acids is 1. The van der Waals surface area contributed by atoms with Crippen molar-refractivity contribution in [3.63, 3.8) is 0 Å². The lowest BCUT2D eigenvalue weighted by atomic mass is 10.0. The van der Waals surface area contributed by atoms with Crippen LogP contribution in [0.1, 0.15) is 194 Å². The largest absolute Gasteiger partial charge is 0.480 e. The van der Waals surface area contributed by atoms with Crippen LogP contribution in [-0.2, 0) is 37.5 Å². The van der Waals surface area contributed by atoms with E-state index in [0.717, 1.165) is 38.5 Å². The van der Waals surface area contributed by atoms with E-state index in [2.05, 4.69) is 18.4 Å². The molecule has 3 atom stereocenters. The third-order valence-corrected chi connectivity index (χ3v) is 9.81. The molecule has 0 aromatic heterocycles. The van der Waals surface area contributed by atoms with Crippen LogP contribution in [-0.4, -0.2) is 59.9 Å². The van der Waals surface area contributed by atoms with Crippen LogP contribution in [0.25, 0.3) is 0 Å². The number of carboxylic acids is 1. The number of carboxylic acid groups (broad SMARTS) is 1. The van der Waals surface area contributed by atoms with Crippen molar-refractivity contribution in [2.75, 3.05) is 19.8 Å². The average Bonchev–Trinajstić information content (AvgIpc) is 3.09. The fourth-order valence-electron chi connectivity index (χ4n) is 5.65. The molecule has 0 aliphatic heterocycles. The van der Waals surface area contributed by atoms with Gasteiger partial charge in [-0.1, -0.05) is 168 Å². The normalized spacial score (nSPS) is 13.8. The monoisotopic (exact) mass is 736 g/mol. The molecule has 0 fully saturated rings. The second kappa shape index (κ2) is 34.6. The number of phosphoric acid groups is 1. The number of esters is 2. The van der Waals surface area contributed by atoms with Crippen LogP contribution >= 0.6 is 7.82 Å². The summed E-state index contributed by atoms with van der Waals surface area (Å²) in [7, 11) is -4.70. The predicted molar refractivity (Wildman–Crippen MR) is 199 cm³/mol. The minimum absolute atomic E-state index is 0.169. The Morgan fingerprint density at radius 2 is 0.880 bits per heavy atom. The van der Waals surface area contributed by atoms with Gasteiger partial charge in [0.25, 0.3) is 0 Å². The molecule has 0 heterocycles. The Bertz CT molecular complexity index is 875. The molecule has 12 heteroatoms. The number of phosphoric ester groups is 1. The van der Waals surface area contributed by atoms with Crippen molar-refractivity contribution in [3.05, 3.63) is 0 Å². The highest BCUT2D eigenvalue weighted by Gasteiger charge is 2.28. The maximum Gasteiger partial charge on any atom is 0.472 e. The minimum Gasteiger partial charge on any atom is -0.480 e. The second-order valence-corrected chi connectivity index (χ2v) is 15.2. The van der Waals surface area contributed by atoms with Crippen LogP contribution in [0.4, 0.5) is 0 Å². The average molecular weight is 736 g/mol. The Balaban J connectivity index is 4.38. The van der Waals surface area contributed by atoms with Crippen LogP contribution in [0.5, 0.6) is 0 Å². The lowest BCUT2D eigenvalue weighted by Gasteiger charge is -2.20. The molecule has 0 saturated heterocycles. The first-order valence-electron chi connectivity index (χ1n) is 20.1. The van der Waals surface area contributed by atoms with Crippen LogP contribution in [0.2, 0.25) is 0 Å². The molecule has 0 aromatic carbocycles. The molecule has 0 amide bonds. The minimum atomic E-state index is -4.70. The molecular weight excluding hydrogens is 661 g/mol. The van der Waals surface area contributed by atoms with Crippen molar-refractivity contribution in [3.8, 4) is 0 Å². The van der Waals surface area contributed by atoms with Gasteiger partial charge in [-0.3, -0.25) is 23.4 Å². The summed E-state index contributed by atoms with van der Waals surface area (Å²) in [4.78, 5) is 45.8. The van der Waals surface area contributed by atoms with E-state index in [1.807, 2.05) is 0 Å². The summed E-state index contributed by atoms with van der Waals surface area (Å²) >= 11 is 0. The standard InChI is InChI=1S/C38H74NO10P/c1-3-5-7-9-11-13-15-17-19-21-23-25-27-29-36(40)46-31-34(32-47-50(44,45)48-33-35(39)38(42)43)49-37(41)30-28-26-24-22-20-18-16-14-12-10-8-6-4-2/h34-35H,3-33,39H2,1-2H3,(H,42,43)(H,44,45)/t34-,35-/m1/s1. The van der Waals surface area contributed by atoms with Crippen LogP contribution in [0.3, 0.4) is 0 Å². The molecule has 4 N–H and O–H groups in total. The molecule has 0 aromatic rings. The van der Waals surface area contributed by atoms with Crippen molar-refractivity contribution in [2.45, 2.75) is 206 Å². The Kier molecular flexibility index (Phi) is 33.5. The summed E-state index contributed by atoms with van der Waals surface area (Å²) in [6.07, 6.45) is 30.2. The molecule has 0 radical (unpaired) electrons. The topological polar surface area (TPSA) is 172 Å². The molecule has 0 aliphatic rings. The molecule has 1 unspecified atom stereocenters. The highest BCUT2D eigenvalue weighted by atomic mass is 31.2. The molecule has 0 spiro atoms. The number of hydrogen-bond donors (Lipinski definition) is 3. The fraction of sp³-hybridized carbons (Fsp3) is 0.921. The van der Waals surface area contributed by atoms with Gasteiger partial charge in [-0.2, -0.15) is 0 Å². The molecule has 0 rings (SSSR count). The van der Waals surface area contributed by atoms with E-state index >= 15 is 0 Å². The van der Waals surface area contributed by atoms with Gasteiger partial charge in [0.15, 0.2) is 6.10 Å². The van der Waals surface area contributed by atoms with E-state index in [4.69, 9.17) is 24.8 Å². The molecule has 0 bridgehead atoms. The molecular formula is C38H74NO10P. The summed E-state index contributed by atoms with van der Waals surface area (Å²) < 4.78 is 32.6. The molecule has 0 saturated carbocycles. The lowest BCUT2D eigenvalue weighted by Crippen LogP contribution is -2.34. The van der Waals surface area contributed by atoms with E-state index < -0.39 is 51.1 Å². The van der Waals surface area contributed by atoms with Crippen molar-refractivity contribution in [1.82, 2.24) is 0 Å². The van der Waals surface area contributed by atoms with Crippen molar-refractivity contribution in [2.24, 2.45) is 5.73 Å². The highest BCUT2D eigenvalue weighted by Crippen LogP contribution is 2.43. The quantitative estimate of drug-likeness (QED) is 0.0313. The molecule has 0 aliphatic carbocycles. The zero-order valence-corrected chi connectivity index (χ0v) is 32.7. The van der Waals surface area contributed by atoms with Gasteiger partial charge in [0, 0.05) is 12.8 Å². The van der Waals surface area contributed by atoms with Gasteiger partial charge < -0.3 is 25.2 Å². The Morgan fingerprint density at radius 3 is 1.26 bits per heavy atom. The van der Waals surface area contributed by atoms with Gasteiger partial charge in [0.05, 0.1) is 13.2 Å². The van der Waals surface area contributed by atoms with E-state index in [-0.39, 0.29) is 19.4 Å². The summed E-state index contributed by atoms with van der Waals surface area (Å²) in [5.74, 6) is -2.36. The number of ether oxygens (including phenoxy) is 2. The van der Waals surface area contributed by atoms with Crippen LogP contribution < -0.4 is 5.73 Å². The van der Waals surface area contributed by atoms with Crippen LogP contribution in [0.15, 0.2) is 0 Å². The maximum absolute atomic E-state index is 12.6. The smallest absolute Gasteiger partial charge is 0.472 e. The first kappa shape index (κ1) is 48.5. The van der Waals surface area contributed by atoms with Gasteiger partial charge in [0.2, 0.25) is 0 Å². The van der Waals surface area contributed by atoms with Crippen molar-refractivity contribution >= 4 is 25.7 Å². The van der Waals surface area contributed by atoms with Gasteiger partial charge in [-0.15, -0.1) is 0 Å². The van der Waals surface area contributed by atoms with Crippen molar-refractivity contribution < 1.29 is 47.5 Å². The van der Waals surface area contributed by atoms with E-state index in [1.165, 1.54) is 116 Å². The van der Waals surface area contributed by atoms with Gasteiger partial charge >= 0.3 is 25.7 Å². The first-order chi connectivity index (χ1) is 24.1. The number of carbonyl (C=O) groups is 3. The Labute approximate surface area is 304 Å².